The third-order valence-corrected chi connectivity index (χ3v) is 7.14. The molecule has 2 aromatic rings. The second kappa shape index (κ2) is 9.40. The molecule has 30 heavy (non-hydrogen) atoms. The summed E-state index contributed by atoms with van der Waals surface area (Å²) in [6, 6.07) is 13.2. The SMILES string of the molecule is CNC(=O)c1ccc(CN(C)C(=O)c2cccc(S(=O)(=O)N3CCCCC3)c2)cc1. The molecular formula is C22H27N3O4S. The van der Waals surface area contributed by atoms with E-state index in [-0.39, 0.29) is 16.7 Å². The molecule has 1 aliphatic rings. The number of hydrogen-bond acceptors (Lipinski definition) is 4. The first kappa shape index (κ1) is 22.0. The lowest BCUT2D eigenvalue weighted by molar-refractivity contribution is 0.0784. The van der Waals surface area contributed by atoms with Crippen molar-refractivity contribution in [1.82, 2.24) is 14.5 Å². The van der Waals surface area contributed by atoms with Crippen molar-refractivity contribution >= 4 is 21.8 Å². The van der Waals surface area contributed by atoms with Crippen LogP contribution in [0.25, 0.3) is 0 Å². The average molecular weight is 430 g/mol. The fraction of sp³-hybridized carbons (Fsp3) is 0.364. The third-order valence-electron chi connectivity index (χ3n) is 5.24. The number of carbonyl (C=O) groups is 2. The Hall–Kier alpha value is -2.71. The van der Waals surface area contributed by atoms with Crippen molar-refractivity contribution in [3.63, 3.8) is 0 Å². The summed E-state index contributed by atoms with van der Waals surface area (Å²) in [5.41, 5.74) is 1.75. The number of nitrogens with zero attached hydrogens (tertiary/aromatic N) is 2. The van der Waals surface area contributed by atoms with Crippen molar-refractivity contribution < 1.29 is 18.0 Å². The molecule has 2 amide bonds. The van der Waals surface area contributed by atoms with Crippen LogP contribution in [0.4, 0.5) is 0 Å². The lowest BCUT2D eigenvalue weighted by atomic mass is 10.1. The quantitative estimate of drug-likeness (QED) is 0.764. The van der Waals surface area contributed by atoms with Gasteiger partial charge in [-0.25, -0.2) is 8.42 Å². The molecule has 0 atom stereocenters. The Morgan fingerprint density at radius 2 is 1.67 bits per heavy atom. The number of sulfonamides is 1. The van der Waals surface area contributed by atoms with Crippen LogP contribution in [0.1, 0.15) is 45.5 Å². The minimum Gasteiger partial charge on any atom is -0.355 e. The molecule has 0 bridgehead atoms. The van der Waals surface area contributed by atoms with Crippen LogP contribution in [0.5, 0.6) is 0 Å². The molecule has 1 heterocycles. The van der Waals surface area contributed by atoms with E-state index in [1.165, 1.54) is 21.3 Å². The molecule has 0 aromatic heterocycles. The maximum absolute atomic E-state index is 12.9. The molecule has 1 aliphatic heterocycles. The zero-order valence-corrected chi connectivity index (χ0v) is 18.1. The summed E-state index contributed by atoms with van der Waals surface area (Å²) in [5.74, 6) is -0.432. The standard InChI is InChI=1S/C22H27N3O4S/c1-23-21(26)18-11-9-17(10-12-18)16-24(2)22(27)19-7-6-8-20(15-19)30(28,29)25-13-4-3-5-14-25/h6-12,15H,3-5,13-14,16H2,1-2H3,(H,23,26). The maximum atomic E-state index is 12.9. The number of hydrogen-bond donors (Lipinski definition) is 1. The number of rotatable bonds is 6. The average Bonchev–Trinajstić information content (AvgIpc) is 2.79. The van der Waals surface area contributed by atoms with Gasteiger partial charge in [0, 0.05) is 44.9 Å². The Labute approximate surface area is 177 Å². The molecule has 0 saturated carbocycles. The summed E-state index contributed by atoms with van der Waals surface area (Å²) in [5, 5.41) is 2.57. The van der Waals surface area contributed by atoms with Gasteiger partial charge < -0.3 is 10.2 Å². The van der Waals surface area contributed by atoms with Gasteiger partial charge in [0.05, 0.1) is 4.90 Å². The summed E-state index contributed by atoms with van der Waals surface area (Å²) in [6.45, 7) is 1.38. The van der Waals surface area contributed by atoms with Crippen LogP contribution >= 0.6 is 0 Å². The highest BCUT2D eigenvalue weighted by molar-refractivity contribution is 7.89. The lowest BCUT2D eigenvalue weighted by Crippen LogP contribution is -2.35. The predicted molar refractivity (Wildman–Crippen MR) is 115 cm³/mol. The molecule has 7 nitrogen and oxygen atoms in total. The Morgan fingerprint density at radius 1 is 1.00 bits per heavy atom. The minimum atomic E-state index is -3.59. The predicted octanol–water partition coefficient (Wildman–Crippen LogP) is 2.49. The van der Waals surface area contributed by atoms with E-state index in [0.29, 0.717) is 30.8 Å². The number of carbonyl (C=O) groups excluding carboxylic acids is 2. The van der Waals surface area contributed by atoms with E-state index in [4.69, 9.17) is 0 Å². The van der Waals surface area contributed by atoms with Gasteiger partial charge in [-0.05, 0) is 48.7 Å². The second-order valence-corrected chi connectivity index (χ2v) is 9.37. The van der Waals surface area contributed by atoms with Crippen LogP contribution in [0.3, 0.4) is 0 Å². The molecule has 2 aromatic carbocycles. The van der Waals surface area contributed by atoms with Gasteiger partial charge in [0.1, 0.15) is 0 Å². The number of nitrogens with one attached hydrogen (secondary N) is 1. The lowest BCUT2D eigenvalue weighted by Gasteiger charge is -2.26. The molecule has 0 unspecified atom stereocenters. The minimum absolute atomic E-state index is 0.151. The normalized spacial score (nSPS) is 14.9. The Kier molecular flexibility index (Phi) is 6.89. The molecule has 0 spiro atoms. The third kappa shape index (κ3) is 4.88. The highest BCUT2D eigenvalue weighted by Crippen LogP contribution is 2.22. The van der Waals surface area contributed by atoms with Crippen LogP contribution < -0.4 is 5.32 Å². The van der Waals surface area contributed by atoms with Crippen molar-refractivity contribution in [1.29, 1.82) is 0 Å². The van der Waals surface area contributed by atoms with Crippen LogP contribution in [-0.2, 0) is 16.6 Å². The summed E-state index contributed by atoms with van der Waals surface area (Å²) < 4.78 is 27.3. The van der Waals surface area contributed by atoms with Gasteiger partial charge in [-0.15, -0.1) is 0 Å². The van der Waals surface area contributed by atoms with E-state index in [9.17, 15) is 18.0 Å². The summed E-state index contributed by atoms with van der Waals surface area (Å²) in [6.07, 6.45) is 2.76. The highest BCUT2D eigenvalue weighted by Gasteiger charge is 2.26. The molecule has 3 rings (SSSR count). The maximum Gasteiger partial charge on any atom is 0.253 e. The monoisotopic (exact) mass is 429 g/mol. The van der Waals surface area contributed by atoms with Gasteiger partial charge in [0.25, 0.3) is 11.8 Å². The van der Waals surface area contributed by atoms with E-state index < -0.39 is 10.0 Å². The van der Waals surface area contributed by atoms with Crippen LogP contribution in [0.15, 0.2) is 53.4 Å². The van der Waals surface area contributed by atoms with E-state index in [1.54, 1.807) is 50.5 Å². The number of benzene rings is 2. The van der Waals surface area contributed by atoms with E-state index in [2.05, 4.69) is 5.32 Å². The highest BCUT2D eigenvalue weighted by atomic mass is 32.2. The Morgan fingerprint density at radius 3 is 2.30 bits per heavy atom. The Bertz CT molecular complexity index is 1010. The number of piperidine rings is 1. The summed E-state index contributed by atoms with van der Waals surface area (Å²) in [7, 11) is -0.354. The summed E-state index contributed by atoms with van der Waals surface area (Å²) >= 11 is 0. The smallest absolute Gasteiger partial charge is 0.253 e. The van der Waals surface area contributed by atoms with Gasteiger partial charge >= 0.3 is 0 Å². The fourth-order valence-corrected chi connectivity index (χ4v) is 5.08. The van der Waals surface area contributed by atoms with Gasteiger partial charge in [-0.2, -0.15) is 4.31 Å². The second-order valence-electron chi connectivity index (χ2n) is 7.43. The number of amides is 2. The van der Waals surface area contributed by atoms with Gasteiger partial charge in [-0.1, -0.05) is 24.6 Å². The first-order chi connectivity index (χ1) is 14.3. The molecular weight excluding hydrogens is 402 g/mol. The fourth-order valence-electron chi connectivity index (χ4n) is 3.52. The zero-order valence-electron chi connectivity index (χ0n) is 17.3. The van der Waals surface area contributed by atoms with E-state index >= 15 is 0 Å². The molecule has 160 valence electrons. The molecule has 1 N–H and O–H groups in total. The molecule has 8 heteroatoms. The van der Waals surface area contributed by atoms with Crippen molar-refractivity contribution in [3.05, 3.63) is 65.2 Å². The van der Waals surface area contributed by atoms with Crippen molar-refractivity contribution in [3.8, 4) is 0 Å². The van der Waals surface area contributed by atoms with Gasteiger partial charge in [0.15, 0.2) is 0 Å². The molecule has 0 aliphatic carbocycles. The Balaban J connectivity index is 1.73. The first-order valence-corrected chi connectivity index (χ1v) is 11.4. The zero-order chi connectivity index (χ0) is 21.7. The summed E-state index contributed by atoms with van der Waals surface area (Å²) in [4.78, 5) is 26.2. The van der Waals surface area contributed by atoms with Crippen LogP contribution in [-0.4, -0.2) is 56.6 Å². The van der Waals surface area contributed by atoms with Crippen molar-refractivity contribution in [2.45, 2.75) is 30.7 Å². The molecule has 0 radical (unpaired) electrons. The van der Waals surface area contributed by atoms with E-state index in [0.717, 1.165) is 24.8 Å². The van der Waals surface area contributed by atoms with Crippen molar-refractivity contribution in [2.75, 3.05) is 27.2 Å². The van der Waals surface area contributed by atoms with Crippen LogP contribution in [0, 0.1) is 0 Å². The molecule has 1 saturated heterocycles. The van der Waals surface area contributed by atoms with E-state index in [1.807, 2.05) is 0 Å². The van der Waals surface area contributed by atoms with Gasteiger partial charge in [0.2, 0.25) is 10.0 Å². The van der Waals surface area contributed by atoms with Crippen LogP contribution in [0.2, 0.25) is 0 Å². The van der Waals surface area contributed by atoms with Gasteiger partial charge in [-0.3, -0.25) is 9.59 Å². The largest absolute Gasteiger partial charge is 0.355 e. The molecule has 1 fully saturated rings. The van der Waals surface area contributed by atoms with Crippen molar-refractivity contribution in [2.24, 2.45) is 0 Å². The first-order valence-electron chi connectivity index (χ1n) is 9.99. The topological polar surface area (TPSA) is 86.8 Å².